The molecule has 9 heteroatoms. The number of aromatic nitrogens is 4. The summed E-state index contributed by atoms with van der Waals surface area (Å²) in [5.74, 6) is 1.61. The highest BCUT2D eigenvalue weighted by molar-refractivity contribution is 5.94. The van der Waals surface area contributed by atoms with Gasteiger partial charge in [0.2, 0.25) is 0 Å². The third-order valence-electron chi connectivity index (χ3n) is 7.15. The Morgan fingerprint density at radius 2 is 1.84 bits per heavy atom. The molecular weight excluding hydrogens is 464 g/mol. The van der Waals surface area contributed by atoms with E-state index in [0.717, 1.165) is 65.0 Å². The van der Waals surface area contributed by atoms with Gasteiger partial charge in [0.1, 0.15) is 5.82 Å². The summed E-state index contributed by atoms with van der Waals surface area (Å²) in [6.07, 6.45) is 2.13. The number of benzene rings is 2. The Morgan fingerprint density at radius 1 is 1.03 bits per heavy atom. The van der Waals surface area contributed by atoms with E-state index in [-0.39, 0.29) is 6.03 Å². The van der Waals surface area contributed by atoms with Gasteiger partial charge in [-0.05, 0) is 56.4 Å². The van der Waals surface area contributed by atoms with Crippen LogP contribution < -0.4 is 4.90 Å². The molecule has 0 N–H and O–H groups in total. The lowest BCUT2D eigenvalue weighted by Gasteiger charge is -2.21. The molecule has 2 amide bonds. The van der Waals surface area contributed by atoms with Crippen LogP contribution in [0.5, 0.6) is 0 Å². The van der Waals surface area contributed by atoms with Crippen molar-refractivity contribution in [3.63, 3.8) is 0 Å². The maximum atomic E-state index is 13.2. The molecule has 186 valence electrons. The summed E-state index contributed by atoms with van der Waals surface area (Å²) in [6.45, 7) is 12.8. The van der Waals surface area contributed by atoms with Crippen LogP contribution in [0.1, 0.15) is 11.4 Å². The van der Waals surface area contributed by atoms with E-state index in [0.29, 0.717) is 18.8 Å². The lowest BCUT2D eigenvalue weighted by Crippen LogP contribution is -2.36. The first-order valence-electron chi connectivity index (χ1n) is 12.4. The van der Waals surface area contributed by atoms with Crippen molar-refractivity contribution in [1.82, 2.24) is 29.1 Å². The molecule has 0 unspecified atom stereocenters. The van der Waals surface area contributed by atoms with Crippen LogP contribution in [-0.2, 0) is 6.54 Å². The normalized spacial score (nSPS) is 14.4. The number of fused-ring (bicyclic) bond motifs is 5. The molecule has 2 aliphatic heterocycles. The minimum Gasteiger partial charge on any atom is -0.340 e. The zero-order valence-electron chi connectivity index (χ0n) is 21.2. The quantitative estimate of drug-likeness (QED) is 0.341. The van der Waals surface area contributed by atoms with Gasteiger partial charge in [0.15, 0.2) is 11.5 Å². The average Bonchev–Trinajstić information content (AvgIpc) is 3.57. The molecule has 0 aliphatic carbocycles. The molecule has 0 saturated carbocycles. The van der Waals surface area contributed by atoms with Crippen LogP contribution in [0.2, 0.25) is 0 Å². The Kier molecular flexibility index (Phi) is 5.54. The number of amides is 2. The maximum absolute atomic E-state index is 13.2. The first-order chi connectivity index (χ1) is 17.9. The number of nitrogens with zero attached hydrogens (tertiary/aromatic N) is 8. The van der Waals surface area contributed by atoms with E-state index in [1.165, 1.54) is 0 Å². The van der Waals surface area contributed by atoms with Gasteiger partial charge < -0.3 is 14.4 Å². The van der Waals surface area contributed by atoms with Crippen LogP contribution in [-0.4, -0.2) is 75.4 Å². The Morgan fingerprint density at radius 3 is 2.59 bits per heavy atom. The summed E-state index contributed by atoms with van der Waals surface area (Å²) in [5, 5.41) is 8.91. The number of anilines is 1. The first-order valence-corrected chi connectivity index (χ1v) is 12.4. The maximum Gasteiger partial charge on any atom is 0.324 e. The number of carbonyl (C=O) groups excluding carboxylic acids is 1. The van der Waals surface area contributed by atoms with Crippen molar-refractivity contribution >= 4 is 17.4 Å². The highest BCUT2D eigenvalue weighted by Crippen LogP contribution is 2.36. The van der Waals surface area contributed by atoms with E-state index in [4.69, 9.17) is 6.57 Å². The van der Waals surface area contributed by atoms with E-state index >= 15 is 0 Å². The highest BCUT2D eigenvalue weighted by Gasteiger charge is 2.31. The number of hydrogen-bond acceptors (Lipinski definition) is 4. The molecule has 0 radical (unpaired) electrons. The second-order valence-corrected chi connectivity index (χ2v) is 9.84. The molecule has 2 aromatic heterocycles. The number of likely N-dealkylation sites (N-methyl/N-ethyl adjacent to an activating group) is 1. The van der Waals surface area contributed by atoms with Crippen LogP contribution in [0.15, 0.2) is 54.7 Å². The van der Waals surface area contributed by atoms with Gasteiger partial charge in [0.05, 0.1) is 18.0 Å². The number of hydrogen-bond donors (Lipinski definition) is 0. The third-order valence-corrected chi connectivity index (χ3v) is 7.15. The summed E-state index contributed by atoms with van der Waals surface area (Å²) >= 11 is 0. The van der Waals surface area contributed by atoms with Crippen LogP contribution in [0.4, 0.5) is 16.2 Å². The number of carbonyl (C=O) groups is 1. The Bertz CT molecular complexity index is 1540. The van der Waals surface area contributed by atoms with E-state index in [1.54, 1.807) is 0 Å². The van der Waals surface area contributed by atoms with Crippen molar-refractivity contribution in [3.8, 4) is 28.3 Å². The smallest absolute Gasteiger partial charge is 0.324 e. The fourth-order valence-corrected chi connectivity index (χ4v) is 5.15. The number of urea groups is 1. The minimum absolute atomic E-state index is 0.0587. The number of aryl methyl sites for hydroxylation is 1. The van der Waals surface area contributed by atoms with Gasteiger partial charge >= 0.3 is 6.03 Å². The van der Waals surface area contributed by atoms with Crippen molar-refractivity contribution in [1.29, 1.82) is 0 Å². The first kappa shape index (κ1) is 23.0. The lowest BCUT2D eigenvalue weighted by atomic mass is 10.1. The second kappa shape index (κ2) is 8.91. The van der Waals surface area contributed by atoms with Gasteiger partial charge in [-0.1, -0.05) is 24.3 Å². The van der Waals surface area contributed by atoms with Gasteiger partial charge in [-0.2, -0.15) is 0 Å². The largest absolute Gasteiger partial charge is 0.340 e. The fraction of sp³-hybridized carbons (Fsp3) is 0.286. The van der Waals surface area contributed by atoms with E-state index in [2.05, 4.69) is 53.5 Å². The Labute approximate surface area is 216 Å². The molecule has 0 bridgehead atoms. The van der Waals surface area contributed by atoms with Crippen molar-refractivity contribution in [2.75, 3.05) is 45.2 Å². The van der Waals surface area contributed by atoms with Crippen LogP contribution in [0.3, 0.4) is 0 Å². The average molecular weight is 493 g/mol. The molecule has 0 atom stereocenters. The third kappa shape index (κ3) is 3.96. The molecule has 9 nitrogen and oxygen atoms in total. The summed E-state index contributed by atoms with van der Waals surface area (Å²) in [5.41, 5.74) is 6.76. The van der Waals surface area contributed by atoms with Gasteiger partial charge in [0.25, 0.3) is 0 Å². The molecule has 1 saturated heterocycles. The van der Waals surface area contributed by atoms with Crippen molar-refractivity contribution in [2.24, 2.45) is 0 Å². The molecule has 2 aromatic carbocycles. The summed E-state index contributed by atoms with van der Waals surface area (Å²) in [4.78, 5) is 22.5. The number of rotatable bonds is 5. The zero-order valence-corrected chi connectivity index (χ0v) is 21.2. The summed E-state index contributed by atoms with van der Waals surface area (Å²) < 4.78 is 4.29. The van der Waals surface area contributed by atoms with Crippen LogP contribution in [0.25, 0.3) is 33.2 Å². The summed E-state index contributed by atoms with van der Waals surface area (Å²) in [7, 11) is 4.05. The fourth-order valence-electron chi connectivity index (χ4n) is 5.15. The van der Waals surface area contributed by atoms with Gasteiger partial charge in [-0.25, -0.2) is 9.64 Å². The van der Waals surface area contributed by atoms with E-state index in [9.17, 15) is 4.79 Å². The molecule has 4 aromatic rings. The predicted octanol–water partition coefficient (Wildman–Crippen LogP) is 4.43. The Hall–Kier alpha value is -4.42. The second-order valence-electron chi connectivity index (χ2n) is 9.84. The molecule has 0 spiro atoms. The standard InChI is InChI=1S/C28H28N8O/c1-19-30-31-27-26-16-21(20-5-7-23(29-2)8-6-20)17-34(26)18-22-15-24(9-10-25(22)36(19)27)35-14-13-33(28(35)37)12-11-32(3)4/h5-10,15-17H,11-14,18H2,1,3-4H3. The topological polar surface area (TPSA) is 66.8 Å². The van der Waals surface area contributed by atoms with Crippen molar-refractivity contribution < 1.29 is 4.79 Å². The van der Waals surface area contributed by atoms with E-state index < -0.39 is 0 Å². The monoisotopic (exact) mass is 492 g/mol. The molecule has 1 fully saturated rings. The Balaban J connectivity index is 1.38. The molecule has 37 heavy (non-hydrogen) atoms. The molecule has 4 heterocycles. The van der Waals surface area contributed by atoms with Gasteiger partial charge in [-0.3, -0.25) is 9.47 Å². The lowest BCUT2D eigenvalue weighted by molar-refractivity contribution is 0.215. The van der Waals surface area contributed by atoms with Gasteiger partial charge in [0, 0.05) is 50.2 Å². The van der Waals surface area contributed by atoms with Gasteiger partial charge in [-0.15, -0.1) is 10.2 Å². The summed E-state index contributed by atoms with van der Waals surface area (Å²) in [6, 6.07) is 16.1. The van der Waals surface area contributed by atoms with Crippen LogP contribution in [0, 0.1) is 13.5 Å². The van der Waals surface area contributed by atoms with E-state index in [1.807, 2.05) is 61.2 Å². The van der Waals surface area contributed by atoms with Crippen molar-refractivity contribution in [3.05, 3.63) is 77.5 Å². The van der Waals surface area contributed by atoms with Crippen molar-refractivity contribution in [2.45, 2.75) is 13.5 Å². The molecule has 2 aliphatic rings. The molecular formula is C28H28N8O. The predicted molar refractivity (Wildman–Crippen MR) is 143 cm³/mol. The van der Waals surface area contributed by atoms with Crippen LogP contribution >= 0.6 is 0 Å². The SMILES string of the molecule is [C-]#[N+]c1ccc(-c2cc3n(c2)Cc2cc(N4CCN(CCN(C)C)C4=O)ccc2-n2c(C)nnc2-3)cc1. The molecule has 6 rings (SSSR count). The zero-order chi connectivity index (χ0) is 25.7. The minimum atomic E-state index is 0.0587. The highest BCUT2D eigenvalue weighted by atomic mass is 16.2.